The number of hydrogen-bond acceptors (Lipinski definition) is 6. The van der Waals surface area contributed by atoms with E-state index in [1.165, 1.54) is 0 Å². The van der Waals surface area contributed by atoms with E-state index in [-0.39, 0.29) is 35.9 Å². The molecule has 0 saturated carbocycles. The van der Waals surface area contributed by atoms with Gasteiger partial charge >= 0.3 is 23.1 Å². The van der Waals surface area contributed by atoms with Gasteiger partial charge in [0.1, 0.15) is 0 Å². The van der Waals surface area contributed by atoms with Crippen molar-refractivity contribution in [3.63, 3.8) is 0 Å². The van der Waals surface area contributed by atoms with E-state index in [4.69, 9.17) is 0 Å². The van der Waals surface area contributed by atoms with Gasteiger partial charge in [-0.1, -0.05) is 38.5 Å². The quantitative estimate of drug-likeness (QED) is 0.232. The van der Waals surface area contributed by atoms with E-state index >= 15 is 0 Å². The van der Waals surface area contributed by atoms with Crippen molar-refractivity contribution in [2.45, 2.75) is 64.2 Å². The van der Waals surface area contributed by atoms with E-state index in [1.807, 2.05) is 0 Å². The summed E-state index contributed by atoms with van der Waals surface area (Å²) in [5, 5.41) is 19.3. The average Bonchev–Trinajstić information content (AvgIpc) is 2.40. The van der Waals surface area contributed by atoms with E-state index in [0.29, 0.717) is 12.8 Å². The smallest absolute Gasteiger partial charge is 0.662 e. The third-order valence-corrected chi connectivity index (χ3v) is 2.70. The molecule has 7 heteroatoms. The fourth-order valence-electron chi connectivity index (χ4n) is 1.68. The largest absolute Gasteiger partial charge is 2.00 e. The summed E-state index contributed by atoms with van der Waals surface area (Å²) >= 11 is 0. The van der Waals surface area contributed by atoms with Crippen LogP contribution in [0.5, 0.6) is 0 Å². The van der Waals surface area contributed by atoms with Gasteiger partial charge in [0.05, 0.1) is 0 Å². The van der Waals surface area contributed by atoms with Gasteiger partial charge in [0.15, 0.2) is 0 Å². The Morgan fingerprint density at radius 1 is 0.632 bits per heavy atom. The van der Waals surface area contributed by atoms with E-state index in [0.717, 1.165) is 38.5 Å². The number of carbonyl (C=O) groups excluding carboxylic acids is 2. The zero-order valence-electron chi connectivity index (χ0n) is 11.2. The molecule has 0 aliphatic carbocycles. The van der Waals surface area contributed by atoms with E-state index in [1.54, 1.807) is 0 Å². The van der Waals surface area contributed by atoms with E-state index < -0.39 is 11.9 Å². The van der Waals surface area contributed by atoms with Gasteiger partial charge in [-0.15, -0.1) is 0 Å². The second kappa shape index (κ2) is 15.7. The molecule has 0 saturated heterocycles. The molecule has 0 fully saturated rings. The molecule has 0 N–H and O–H groups in total. The maximum atomic E-state index is 10.5. The molecule has 19 heavy (non-hydrogen) atoms. The predicted octanol–water partition coefficient (Wildman–Crippen LogP) is 0.144. The van der Waals surface area contributed by atoms with Crippen LogP contribution in [0, 0.1) is 0 Å². The number of carbonyl (C=O) groups is 2. The summed E-state index contributed by atoms with van der Waals surface area (Å²) in [6, 6.07) is 0. The van der Waals surface area contributed by atoms with Crippen molar-refractivity contribution >= 4 is 35.0 Å². The molecule has 0 aromatic heterocycles. The first-order valence-electron chi connectivity index (χ1n) is 6.36. The van der Waals surface area contributed by atoms with Crippen molar-refractivity contribution in [3.05, 3.63) is 0 Å². The summed E-state index contributed by atoms with van der Waals surface area (Å²) in [4.78, 5) is 27.6. The molecule has 0 aliphatic heterocycles. The van der Waals surface area contributed by atoms with Crippen LogP contribution in [0.4, 0.5) is 0 Å². The molecular weight excluding hydrogens is 264 g/mol. The van der Waals surface area contributed by atoms with Gasteiger partial charge in [0, 0.05) is 12.8 Å². The minimum atomic E-state index is -0.694. The van der Waals surface area contributed by atoms with Crippen LogP contribution in [0.1, 0.15) is 64.2 Å². The van der Waals surface area contributed by atoms with Crippen molar-refractivity contribution in [1.82, 2.24) is 0 Å². The van der Waals surface area contributed by atoms with Gasteiger partial charge in [-0.3, -0.25) is 9.59 Å². The standard InChI is InChI=1S/C12H22O6.Mg/c13-11(17-15)9-7-5-3-1-2-4-6-8-10-12(14)18-16;/h15-16H,1-10H2;/q;+2/p-2. The molecule has 6 nitrogen and oxygen atoms in total. The molecular formula is C12H20MgO6. The Labute approximate surface area is 129 Å². The Morgan fingerprint density at radius 3 is 1.16 bits per heavy atom. The Bertz CT molecular complexity index is 210. The minimum Gasteiger partial charge on any atom is -0.662 e. The van der Waals surface area contributed by atoms with Gasteiger partial charge in [0.25, 0.3) is 11.9 Å². The third kappa shape index (κ3) is 15.6. The monoisotopic (exact) mass is 284 g/mol. The molecule has 0 heterocycles. The van der Waals surface area contributed by atoms with Crippen LogP contribution < -0.4 is 10.5 Å². The molecule has 0 rings (SSSR count). The van der Waals surface area contributed by atoms with Crippen molar-refractivity contribution in [1.29, 1.82) is 0 Å². The SMILES string of the molecule is O=C(CCCCCCCCCCC(=O)O[O-])O[O-].[Mg+2]. The first-order valence-corrected chi connectivity index (χ1v) is 6.36. The molecule has 106 valence electrons. The van der Waals surface area contributed by atoms with Crippen LogP contribution >= 0.6 is 0 Å². The molecule has 0 radical (unpaired) electrons. The fraction of sp³-hybridized carbons (Fsp3) is 0.833. The normalized spacial score (nSPS) is 9.58. The molecule has 0 spiro atoms. The zero-order chi connectivity index (χ0) is 13.6. The second-order valence-corrected chi connectivity index (χ2v) is 4.24. The van der Waals surface area contributed by atoms with Crippen LogP contribution in [0.3, 0.4) is 0 Å². The molecule has 0 aliphatic rings. The maximum absolute atomic E-state index is 10.5. The molecule has 0 aromatic rings. The number of rotatable bonds is 11. The summed E-state index contributed by atoms with van der Waals surface area (Å²) in [6.07, 6.45) is 7.78. The van der Waals surface area contributed by atoms with Gasteiger partial charge < -0.3 is 20.3 Å². The topological polar surface area (TPSA) is 98.7 Å². The van der Waals surface area contributed by atoms with Gasteiger partial charge in [-0.2, -0.15) is 0 Å². The van der Waals surface area contributed by atoms with Crippen LogP contribution in [-0.2, 0) is 19.4 Å². The Hall–Kier alpha value is -0.374. The summed E-state index contributed by atoms with van der Waals surface area (Å²) < 4.78 is 0. The fourth-order valence-corrected chi connectivity index (χ4v) is 1.68. The maximum Gasteiger partial charge on any atom is 2.00 e. The van der Waals surface area contributed by atoms with Crippen LogP contribution in [0.25, 0.3) is 0 Å². The summed E-state index contributed by atoms with van der Waals surface area (Å²) in [7, 11) is 0. The van der Waals surface area contributed by atoms with Gasteiger partial charge in [-0.25, -0.2) is 0 Å². The van der Waals surface area contributed by atoms with Crippen LogP contribution in [0.2, 0.25) is 0 Å². The van der Waals surface area contributed by atoms with Crippen LogP contribution in [0.15, 0.2) is 0 Å². The van der Waals surface area contributed by atoms with Crippen molar-refractivity contribution < 1.29 is 29.9 Å². The van der Waals surface area contributed by atoms with E-state index in [9.17, 15) is 20.1 Å². The predicted molar refractivity (Wildman–Crippen MR) is 64.1 cm³/mol. The molecule has 0 atom stereocenters. The van der Waals surface area contributed by atoms with Crippen molar-refractivity contribution in [3.8, 4) is 0 Å². The second-order valence-electron chi connectivity index (χ2n) is 4.24. The van der Waals surface area contributed by atoms with Gasteiger partial charge in [0.2, 0.25) is 0 Å². The molecule has 0 aromatic carbocycles. The Morgan fingerprint density at radius 2 is 0.895 bits per heavy atom. The first-order chi connectivity index (χ1) is 8.70. The van der Waals surface area contributed by atoms with Crippen LogP contribution in [-0.4, -0.2) is 35.0 Å². The van der Waals surface area contributed by atoms with Crippen molar-refractivity contribution in [2.75, 3.05) is 0 Å². The van der Waals surface area contributed by atoms with E-state index in [2.05, 4.69) is 9.78 Å². The zero-order valence-corrected chi connectivity index (χ0v) is 12.6. The molecule has 0 unspecified atom stereocenters. The summed E-state index contributed by atoms with van der Waals surface area (Å²) in [6.45, 7) is 0. The Balaban J connectivity index is 0. The van der Waals surface area contributed by atoms with Crippen molar-refractivity contribution in [2.24, 2.45) is 0 Å². The molecule has 0 amide bonds. The number of unbranched alkanes of at least 4 members (excludes halogenated alkanes) is 7. The average molecular weight is 285 g/mol. The Kier molecular flexibility index (Phi) is 17.3. The number of hydrogen-bond donors (Lipinski definition) is 0. The third-order valence-electron chi connectivity index (χ3n) is 2.70. The van der Waals surface area contributed by atoms with Gasteiger partial charge in [-0.05, 0) is 12.8 Å². The first kappa shape index (κ1) is 20.9. The summed E-state index contributed by atoms with van der Waals surface area (Å²) in [5.41, 5.74) is 0. The minimum absolute atomic E-state index is 0. The molecule has 0 bridgehead atoms. The summed E-state index contributed by atoms with van der Waals surface area (Å²) in [5.74, 6) is -1.39.